The van der Waals surface area contributed by atoms with Gasteiger partial charge in [0.1, 0.15) is 6.54 Å². The quantitative estimate of drug-likeness (QED) is 0.485. The SMILES string of the molecule is [NH3+]CC(=O)C1CC1. The maximum atomic E-state index is 10.5. The molecule has 0 amide bonds. The first kappa shape index (κ1) is 4.78. The van der Waals surface area contributed by atoms with Crippen LogP contribution < -0.4 is 5.73 Å². The Bertz CT molecular complexity index is 86.1. The van der Waals surface area contributed by atoms with Crippen molar-refractivity contribution >= 4 is 5.78 Å². The predicted octanol–water partition coefficient (Wildman–Crippen LogP) is -0.793. The molecule has 0 spiro atoms. The fourth-order valence-corrected chi connectivity index (χ4v) is 0.609. The summed E-state index contributed by atoms with van der Waals surface area (Å²) >= 11 is 0. The number of Topliss-reactive ketones (excluding diaryl/α,β-unsaturated/α-hetero) is 1. The molecule has 1 fully saturated rings. The molecule has 1 saturated carbocycles. The molecule has 0 atom stereocenters. The van der Waals surface area contributed by atoms with Gasteiger partial charge in [0.05, 0.1) is 0 Å². The molecule has 0 unspecified atom stereocenters. The standard InChI is InChI=1S/C5H9NO/c6-3-5(7)4-1-2-4/h4H,1-3,6H2/p+1. The molecule has 0 radical (unpaired) electrons. The molecular formula is C5H10NO+. The molecule has 2 nitrogen and oxygen atoms in total. The van der Waals surface area contributed by atoms with E-state index < -0.39 is 0 Å². The van der Waals surface area contributed by atoms with Crippen molar-refractivity contribution in [3.63, 3.8) is 0 Å². The van der Waals surface area contributed by atoms with E-state index in [1.807, 2.05) is 0 Å². The maximum Gasteiger partial charge on any atom is 0.189 e. The summed E-state index contributed by atoms with van der Waals surface area (Å²) in [5, 5.41) is 0. The number of rotatable bonds is 2. The third-order valence-corrected chi connectivity index (χ3v) is 1.28. The molecule has 1 rings (SSSR count). The van der Waals surface area contributed by atoms with E-state index in [0.29, 0.717) is 18.2 Å². The smallest absolute Gasteiger partial charge is 0.189 e. The Kier molecular flexibility index (Phi) is 1.11. The minimum absolute atomic E-state index is 0.347. The van der Waals surface area contributed by atoms with Gasteiger partial charge in [0.15, 0.2) is 5.78 Å². The van der Waals surface area contributed by atoms with Crippen LogP contribution in [-0.4, -0.2) is 12.3 Å². The van der Waals surface area contributed by atoms with E-state index in [1.165, 1.54) is 0 Å². The van der Waals surface area contributed by atoms with Crippen molar-refractivity contribution in [3.05, 3.63) is 0 Å². The van der Waals surface area contributed by atoms with Crippen molar-refractivity contribution in [2.45, 2.75) is 12.8 Å². The van der Waals surface area contributed by atoms with Crippen molar-refractivity contribution in [1.82, 2.24) is 0 Å². The van der Waals surface area contributed by atoms with Crippen molar-refractivity contribution in [2.24, 2.45) is 5.92 Å². The molecule has 0 saturated heterocycles. The van der Waals surface area contributed by atoms with E-state index in [4.69, 9.17) is 0 Å². The second kappa shape index (κ2) is 1.62. The minimum atomic E-state index is 0.347. The summed E-state index contributed by atoms with van der Waals surface area (Å²) in [6, 6.07) is 0. The highest BCUT2D eigenvalue weighted by Gasteiger charge is 2.28. The molecule has 3 N–H and O–H groups in total. The van der Waals surface area contributed by atoms with Gasteiger partial charge < -0.3 is 5.73 Å². The molecule has 0 aromatic heterocycles. The van der Waals surface area contributed by atoms with Crippen molar-refractivity contribution in [3.8, 4) is 0 Å². The highest BCUT2D eigenvalue weighted by Crippen LogP contribution is 2.28. The Morgan fingerprint density at radius 2 is 2.29 bits per heavy atom. The van der Waals surface area contributed by atoms with E-state index in [1.54, 1.807) is 0 Å². The summed E-state index contributed by atoms with van der Waals surface area (Å²) in [5.41, 5.74) is 3.50. The third kappa shape index (κ3) is 0.996. The van der Waals surface area contributed by atoms with E-state index in [0.717, 1.165) is 12.8 Å². The zero-order chi connectivity index (χ0) is 5.28. The van der Waals surface area contributed by atoms with Gasteiger partial charge in [-0.05, 0) is 12.8 Å². The average Bonchev–Trinajstić information content (AvgIpc) is 2.44. The van der Waals surface area contributed by atoms with Gasteiger partial charge in [-0.25, -0.2) is 0 Å². The molecule has 0 aliphatic heterocycles. The highest BCUT2D eigenvalue weighted by atomic mass is 16.1. The van der Waals surface area contributed by atoms with Crippen molar-refractivity contribution < 1.29 is 10.5 Å². The Morgan fingerprint density at radius 1 is 1.71 bits per heavy atom. The molecule has 1 aliphatic rings. The lowest BCUT2D eigenvalue weighted by Crippen LogP contribution is -2.54. The predicted molar refractivity (Wildman–Crippen MR) is 25.5 cm³/mol. The van der Waals surface area contributed by atoms with Crippen LogP contribution in [0.2, 0.25) is 0 Å². The largest absolute Gasteiger partial charge is 0.351 e. The van der Waals surface area contributed by atoms with E-state index >= 15 is 0 Å². The van der Waals surface area contributed by atoms with Crippen LogP contribution in [0.5, 0.6) is 0 Å². The molecule has 7 heavy (non-hydrogen) atoms. The fraction of sp³-hybridized carbons (Fsp3) is 0.800. The summed E-state index contributed by atoms with van der Waals surface area (Å²) < 4.78 is 0. The fourth-order valence-electron chi connectivity index (χ4n) is 0.609. The molecule has 40 valence electrons. The normalized spacial score (nSPS) is 19.6. The highest BCUT2D eigenvalue weighted by molar-refractivity contribution is 5.83. The molecule has 0 aromatic rings. The first-order chi connectivity index (χ1) is 3.34. The summed E-state index contributed by atoms with van der Waals surface area (Å²) in [7, 11) is 0. The van der Waals surface area contributed by atoms with E-state index in [-0.39, 0.29) is 0 Å². The Balaban J connectivity index is 2.24. The van der Waals surface area contributed by atoms with Gasteiger partial charge in [-0.1, -0.05) is 0 Å². The second-order valence-corrected chi connectivity index (χ2v) is 1.99. The van der Waals surface area contributed by atoms with Gasteiger partial charge in [0, 0.05) is 5.92 Å². The zero-order valence-electron chi connectivity index (χ0n) is 4.31. The monoisotopic (exact) mass is 100 g/mol. The van der Waals surface area contributed by atoms with Crippen LogP contribution in [-0.2, 0) is 4.79 Å². The summed E-state index contributed by atoms with van der Waals surface area (Å²) in [4.78, 5) is 10.5. The van der Waals surface area contributed by atoms with Crippen LogP contribution in [0.15, 0.2) is 0 Å². The lowest BCUT2D eigenvalue weighted by atomic mass is 10.3. The molecule has 0 heterocycles. The van der Waals surface area contributed by atoms with Crippen molar-refractivity contribution in [2.75, 3.05) is 6.54 Å². The van der Waals surface area contributed by atoms with Crippen molar-refractivity contribution in [1.29, 1.82) is 0 Å². The maximum absolute atomic E-state index is 10.5. The number of ketones is 1. The van der Waals surface area contributed by atoms with Crippen LogP contribution in [0.4, 0.5) is 0 Å². The summed E-state index contributed by atoms with van der Waals surface area (Å²) in [6.45, 7) is 0.491. The Hall–Kier alpha value is -0.370. The number of quaternary nitrogens is 1. The lowest BCUT2D eigenvalue weighted by Gasteiger charge is -1.82. The van der Waals surface area contributed by atoms with Crippen LogP contribution in [0, 0.1) is 5.92 Å². The van der Waals surface area contributed by atoms with Crippen LogP contribution in [0.25, 0.3) is 0 Å². The second-order valence-electron chi connectivity index (χ2n) is 1.99. The van der Waals surface area contributed by atoms with Gasteiger partial charge in [-0.3, -0.25) is 4.79 Å². The topological polar surface area (TPSA) is 44.7 Å². The van der Waals surface area contributed by atoms with Crippen LogP contribution >= 0.6 is 0 Å². The molecular weight excluding hydrogens is 90.1 g/mol. The average molecular weight is 100 g/mol. The van der Waals surface area contributed by atoms with Gasteiger partial charge >= 0.3 is 0 Å². The number of hydrogen-bond donors (Lipinski definition) is 1. The minimum Gasteiger partial charge on any atom is -0.351 e. The zero-order valence-corrected chi connectivity index (χ0v) is 4.31. The molecule has 2 heteroatoms. The number of carbonyl (C=O) groups is 1. The first-order valence-electron chi connectivity index (χ1n) is 2.66. The Morgan fingerprint density at radius 3 is 2.43 bits per heavy atom. The molecule has 0 aromatic carbocycles. The molecule has 1 aliphatic carbocycles. The Labute approximate surface area is 42.7 Å². The third-order valence-electron chi connectivity index (χ3n) is 1.28. The van der Waals surface area contributed by atoms with Gasteiger partial charge in [-0.15, -0.1) is 0 Å². The van der Waals surface area contributed by atoms with E-state index in [2.05, 4.69) is 5.73 Å². The first-order valence-corrected chi connectivity index (χ1v) is 2.66. The number of carbonyl (C=O) groups excluding carboxylic acids is 1. The lowest BCUT2D eigenvalue weighted by molar-refractivity contribution is -0.354. The molecule has 0 bridgehead atoms. The van der Waals surface area contributed by atoms with Gasteiger partial charge in [0.25, 0.3) is 0 Å². The van der Waals surface area contributed by atoms with Crippen LogP contribution in [0.3, 0.4) is 0 Å². The van der Waals surface area contributed by atoms with E-state index in [9.17, 15) is 4.79 Å². The summed E-state index contributed by atoms with van der Waals surface area (Å²) in [5.74, 6) is 0.762. The summed E-state index contributed by atoms with van der Waals surface area (Å²) in [6.07, 6.45) is 2.24. The van der Waals surface area contributed by atoms with Gasteiger partial charge in [-0.2, -0.15) is 0 Å². The number of hydrogen-bond acceptors (Lipinski definition) is 1. The van der Waals surface area contributed by atoms with Gasteiger partial charge in [0.2, 0.25) is 0 Å². The van der Waals surface area contributed by atoms with Crippen LogP contribution in [0.1, 0.15) is 12.8 Å².